The van der Waals surface area contributed by atoms with Crippen molar-refractivity contribution in [2.75, 3.05) is 7.05 Å². The Bertz CT molecular complexity index is 156. The van der Waals surface area contributed by atoms with E-state index in [-0.39, 0.29) is 43.3 Å². The third-order valence-electron chi connectivity index (χ3n) is 2.91. The summed E-state index contributed by atoms with van der Waals surface area (Å²) < 4.78 is 0. The van der Waals surface area contributed by atoms with Crippen molar-refractivity contribution in [2.45, 2.75) is 45.2 Å². The average molecular weight is 393 g/mol. The molecule has 0 atom stereocenters. The van der Waals surface area contributed by atoms with Gasteiger partial charge in [0.05, 0.1) is 0 Å². The summed E-state index contributed by atoms with van der Waals surface area (Å²) in [4.78, 5) is 2.47. The molecule has 0 fully saturated rings. The predicted molar refractivity (Wildman–Crippen MR) is 68.9 cm³/mol. The van der Waals surface area contributed by atoms with Gasteiger partial charge in [0.2, 0.25) is 0 Å². The van der Waals surface area contributed by atoms with Crippen LogP contribution >= 0.6 is 0 Å². The molecule has 0 bridgehead atoms. The summed E-state index contributed by atoms with van der Waals surface area (Å²) in [5.74, 6) is 0. The molecule has 1 nitrogen and oxygen atoms in total. The molecule has 0 radical (unpaired) electrons. The van der Waals surface area contributed by atoms with Crippen LogP contribution in [0.25, 0.3) is 0 Å². The summed E-state index contributed by atoms with van der Waals surface area (Å²) in [6, 6.07) is 0.653. The Morgan fingerprint density at radius 3 is 1.67 bits per heavy atom. The summed E-state index contributed by atoms with van der Waals surface area (Å²) >= 11 is 0. The van der Waals surface area contributed by atoms with E-state index >= 15 is 0 Å². The monoisotopic (exact) mass is 393 g/mol. The second kappa shape index (κ2) is 9.60. The molecule has 0 saturated carbocycles. The van der Waals surface area contributed by atoms with Gasteiger partial charge in [0.25, 0.3) is 0 Å². The average Bonchev–Trinajstić information content (AvgIpc) is 2.35. The Labute approximate surface area is 113 Å². The third kappa shape index (κ3) is 5.87. The fourth-order valence-electron chi connectivity index (χ4n) is 1.67. The Balaban J connectivity index is -0.000000151. The van der Waals surface area contributed by atoms with Crippen molar-refractivity contribution in [1.29, 1.82) is 0 Å². The molecule has 0 unspecified atom stereocenters. The molecular formula is C13H28NPt+. The SMILES string of the molecule is CC(C)N(C)C1(C)CC=CC1.[CH3-].[CH3-].[CH3-].[Pt+4]. The number of hydrogen-bond donors (Lipinski definition) is 0. The molecule has 0 saturated heterocycles. The van der Waals surface area contributed by atoms with Crippen LogP contribution < -0.4 is 0 Å². The van der Waals surface area contributed by atoms with E-state index in [0.717, 1.165) is 0 Å². The molecule has 2 heteroatoms. The van der Waals surface area contributed by atoms with Crippen LogP contribution in [0.4, 0.5) is 0 Å². The van der Waals surface area contributed by atoms with Gasteiger partial charge in [0.1, 0.15) is 0 Å². The minimum absolute atomic E-state index is 0. The first kappa shape index (κ1) is 24.6. The normalized spacial score (nSPS) is 16.1. The zero-order valence-corrected chi connectivity index (χ0v) is 13.7. The summed E-state index contributed by atoms with van der Waals surface area (Å²) in [6.07, 6.45) is 7.00. The molecule has 0 aromatic carbocycles. The van der Waals surface area contributed by atoms with Crippen LogP contribution in [0, 0.1) is 22.3 Å². The molecule has 1 rings (SSSR count). The molecule has 0 spiro atoms. The van der Waals surface area contributed by atoms with Crippen LogP contribution in [0.5, 0.6) is 0 Å². The molecule has 1 aliphatic carbocycles. The first-order chi connectivity index (χ1) is 5.06. The molecule has 1 aliphatic rings. The third-order valence-corrected chi connectivity index (χ3v) is 2.91. The number of hydrogen-bond acceptors (Lipinski definition) is 1. The van der Waals surface area contributed by atoms with Gasteiger partial charge in [-0.3, -0.25) is 4.90 Å². The minimum Gasteiger partial charge on any atom is -0.358 e. The van der Waals surface area contributed by atoms with Gasteiger partial charge in [0.15, 0.2) is 0 Å². The van der Waals surface area contributed by atoms with Crippen LogP contribution in [0.3, 0.4) is 0 Å². The first-order valence-electron chi connectivity index (χ1n) is 4.44. The van der Waals surface area contributed by atoms with Crippen molar-refractivity contribution in [3.05, 3.63) is 34.4 Å². The van der Waals surface area contributed by atoms with Gasteiger partial charge >= 0.3 is 21.1 Å². The van der Waals surface area contributed by atoms with Gasteiger partial charge in [-0.15, -0.1) is 0 Å². The molecule has 0 amide bonds. The quantitative estimate of drug-likeness (QED) is 0.510. The van der Waals surface area contributed by atoms with Crippen LogP contribution in [0.1, 0.15) is 33.6 Å². The predicted octanol–water partition coefficient (Wildman–Crippen LogP) is 3.78. The maximum absolute atomic E-state index is 2.47. The maximum Gasteiger partial charge on any atom is 4.00 e. The maximum atomic E-state index is 2.47. The molecule has 94 valence electrons. The van der Waals surface area contributed by atoms with Gasteiger partial charge in [-0.25, -0.2) is 0 Å². The summed E-state index contributed by atoms with van der Waals surface area (Å²) in [5, 5.41) is 0. The van der Waals surface area contributed by atoms with E-state index in [1.807, 2.05) is 0 Å². The Morgan fingerprint density at radius 2 is 1.40 bits per heavy atom. The van der Waals surface area contributed by atoms with Crippen LogP contribution in [0.15, 0.2) is 12.2 Å². The van der Waals surface area contributed by atoms with Gasteiger partial charge < -0.3 is 22.3 Å². The van der Waals surface area contributed by atoms with Crippen molar-refractivity contribution >= 4 is 0 Å². The Kier molecular flexibility index (Phi) is 15.7. The molecule has 0 aromatic rings. The van der Waals surface area contributed by atoms with Crippen molar-refractivity contribution in [3.8, 4) is 0 Å². The molecule has 0 aromatic heterocycles. The Hall–Kier alpha value is 0.388. The fraction of sp³-hybridized carbons (Fsp3) is 0.615. The fourth-order valence-corrected chi connectivity index (χ4v) is 1.67. The smallest absolute Gasteiger partial charge is 0.358 e. The van der Waals surface area contributed by atoms with Crippen LogP contribution in [-0.4, -0.2) is 23.5 Å². The van der Waals surface area contributed by atoms with E-state index in [2.05, 4.69) is 44.9 Å². The topological polar surface area (TPSA) is 3.24 Å². The van der Waals surface area contributed by atoms with Crippen molar-refractivity contribution in [1.82, 2.24) is 4.90 Å². The molecule has 0 heterocycles. The van der Waals surface area contributed by atoms with Gasteiger partial charge in [-0.2, -0.15) is 0 Å². The van der Waals surface area contributed by atoms with E-state index in [4.69, 9.17) is 0 Å². The second-order valence-corrected chi connectivity index (χ2v) is 4.08. The van der Waals surface area contributed by atoms with E-state index in [9.17, 15) is 0 Å². The van der Waals surface area contributed by atoms with Crippen molar-refractivity contribution in [2.24, 2.45) is 0 Å². The van der Waals surface area contributed by atoms with Gasteiger partial charge in [-0.05, 0) is 40.7 Å². The standard InChI is InChI=1S/C10H19N.3CH3.Pt/c1-9(2)11(4)10(3)7-5-6-8-10;;;;/h5-6,9H,7-8H2,1-4H3;3*1H3;/q;3*-1;+4. The summed E-state index contributed by atoms with van der Waals surface area (Å²) in [7, 11) is 2.22. The number of rotatable bonds is 2. The zero-order chi connectivity index (χ0) is 8.48. The first-order valence-corrected chi connectivity index (χ1v) is 4.44. The van der Waals surface area contributed by atoms with E-state index < -0.39 is 0 Å². The molecular weight excluding hydrogens is 365 g/mol. The van der Waals surface area contributed by atoms with Crippen LogP contribution in [0.2, 0.25) is 0 Å². The van der Waals surface area contributed by atoms with Crippen molar-refractivity contribution in [3.63, 3.8) is 0 Å². The molecule has 15 heavy (non-hydrogen) atoms. The van der Waals surface area contributed by atoms with Gasteiger partial charge in [-0.1, -0.05) is 12.2 Å². The minimum atomic E-state index is 0. The Morgan fingerprint density at radius 1 is 1.07 bits per heavy atom. The van der Waals surface area contributed by atoms with Crippen molar-refractivity contribution < 1.29 is 21.1 Å². The summed E-state index contributed by atoms with van der Waals surface area (Å²) in [6.45, 7) is 6.85. The van der Waals surface area contributed by atoms with Gasteiger partial charge in [0, 0.05) is 11.6 Å². The van der Waals surface area contributed by atoms with E-state index in [0.29, 0.717) is 11.6 Å². The van der Waals surface area contributed by atoms with Crippen LogP contribution in [-0.2, 0) is 21.1 Å². The summed E-state index contributed by atoms with van der Waals surface area (Å²) in [5.41, 5.74) is 0.397. The largest absolute Gasteiger partial charge is 4.00 e. The van der Waals surface area contributed by atoms with E-state index in [1.54, 1.807) is 0 Å². The van der Waals surface area contributed by atoms with E-state index in [1.165, 1.54) is 12.8 Å². The second-order valence-electron chi connectivity index (χ2n) is 4.08. The zero-order valence-electron chi connectivity index (χ0n) is 11.4. The molecule has 0 N–H and O–H groups in total. The number of nitrogens with zero attached hydrogens (tertiary/aromatic N) is 1. The molecule has 0 aliphatic heterocycles.